The highest BCUT2D eigenvalue weighted by molar-refractivity contribution is 7.95. The first-order valence-electron chi connectivity index (χ1n) is 20.5. The molecule has 4 atom stereocenters. The van der Waals surface area contributed by atoms with Crippen LogP contribution < -0.4 is 27.4 Å². The summed E-state index contributed by atoms with van der Waals surface area (Å²) < 4.78 is 48.5. The largest absolute Gasteiger partial charge is 0.444 e. The van der Waals surface area contributed by atoms with Crippen molar-refractivity contribution in [3.63, 3.8) is 0 Å². The van der Waals surface area contributed by atoms with Crippen LogP contribution in [-0.4, -0.2) is 95.7 Å². The molecule has 2 aliphatic heterocycles. The van der Waals surface area contributed by atoms with Crippen molar-refractivity contribution < 1.29 is 46.6 Å². The summed E-state index contributed by atoms with van der Waals surface area (Å²) in [6, 6.07) is 15.3. The Morgan fingerprint density at radius 2 is 1.60 bits per heavy atom. The number of fused-ring (bicyclic) bond motifs is 1. The number of sulfone groups is 1. The molecule has 3 aromatic rings. The first-order valence-corrected chi connectivity index (χ1v) is 22.0. The fourth-order valence-electron chi connectivity index (χ4n) is 7.46. The maximum atomic E-state index is 14.9. The molecule has 5 rings (SSSR count). The summed E-state index contributed by atoms with van der Waals surface area (Å²) in [6.07, 6.45) is -1.78. The van der Waals surface area contributed by atoms with E-state index in [4.69, 9.17) is 16.2 Å². The zero-order chi connectivity index (χ0) is 45.6. The number of nitrogens with one attached hydrogen (secondary N) is 3. The van der Waals surface area contributed by atoms with Gasteiger partial charge < -0.3 is 37.3 Å². The molecule has 8 N–H and O–H groups in total. The van der Waals surface area contributed by atoms with Crippen molar-refractivity contribution >= 4 is 39.6 Å². The second-order valence-corrected chi connectivity index (χ2v) is 18.6. The molecule has 2 heterocycles. The van der Waals surface area contributed by atoms with Gasteiger partial charge in [-0.05, 0) is 114 Å². The second kappa shape index (κ2) is 19.6. The molecule has 16 nitrogen and oxygen atoms in total. The smallest absolute Gasteiger partial charge is 0.407 e. The molecule has 0 saturated carbocycles. The number of benzene rings is 3. The van der Waals surface area contributed by atoms with Gasteiger partial charge >= 0.3 is 6.09 Å². The number of aliphatic hydroxyl groups excluding tert-OH is 1. The summed E-state index contributed by atoms with van der Waals surface area (Å²) in [4.78, 5) is 66.5. The van der Waals surface area contributed by atoms with Gasteiger partial charge in [-0.15, -0.1) is 0 Å². The molecule has 0 spiro atoms. The number of hydrogen-bond donors (Lipinski definition) is 6. The molecule has 62 heavy (non-hydrogen) atoms. The third kappa shape index (κ3) is 11.2. The van der Waals surface area contributed by atoms with Crippen molar-refractivity contribution in [2.45, 2.75) is 114 Å². The number of primary amides is 1. The Balaban J connectivity index is 1.50. The van der Waals surface area contributed by atoms with Crippen molar-refractivity contribution in [1.82, 2.24) is 26.0 Å². The van der Waals surface area contributed by atoms with E-state index in [0.717, 1.165) is 10.6 Å². The summed E-state index contributed by atoms with van der Waals surface area (Å²) >= 11 is 0. The number of alkyl carbamates (subject to hydrolysis) is 1. The van der Waals surface area contributed by atoms with E-state index in [0.29, 0.717) is 17.5 Å². The van der Waals surface area contributed by atoms with Gasteiger partial charge in [0.15, 0.2) is 6.10 Å². The number of amides is 5. The molecule has 2 aliphatic rings. The quantitative estimate of drug-likeness (QED) is 0.108. The first kappa shape index (κ1) is 47.4. The molecule has 3 aromatic carbocycles. The molecule has 0 aromatic heterocycles. The van der Waals surface area contributed by atoms with Gasteiger partial charge in [0.1, 0.15) is 22.7 Å². The van der Waals surface area contributed by atoms with E-state index in [1.54, 1.807) is 58.9 Å². The second-order valence-electron chi connectivity index (χ2n) is 16.7. The van der Waals surface area contributed by atoms with Crippen LogP contribution >= 0.6 is 0 Å². The lowest BCUT2D eigenvalue weighted by Gasteiger charge is -2.45. The van der Waals surface area contributed by atoms with Crippen LogP contribution in [0.3, 0.4) is 0 Å². The van der Waals surface area contributed by atoms with Crippen LogP contribution in [0, 0.1) is 12.7 Å². The summed E-state index contributed by atoms with van der Waals surface area (Å²) in [5.41, 5.74) is 11.4. The van der Waals surface area contributed by atoms with Gasteiger partial charge in [0.25, 0.3) is 17.7 Å². The Morgan fingerprint density at radius 3 is 2.19 bits per heavy atom. The molecule has 0 aliphatic carbocycles. The minimum Gasteiger partial charge on any atom is -0.444 e. The van der Waals surface area contributed by atoms with Crippen molar-refractivity contribution in [2.75, 3.05) is 13.1 Å². The predicted octanol–water partition coefficient (Wildman–Crippen LogP) is 3.26. The highest BCUT2D eigenvalue weighted by Crippen LogP contribution is 2.42. The number of unbranched alkanes of at least 4 members (excludes halogenated alkanes) is 1. The molecular weight excluding hydrogens is 822 g/mol. The number of nitrogens with zero attached hydrogens (tertiary/aromatic N) is 2. The standard InChI is InChI=1S/C44H56FN7O9S/c1-6-34-37(62(59,60)32-20-10-27(2)11-21-32)35(52-41(57)44(47,22-24-51(34)52)25-28-14-18-31(45)19-15-28)39(55)50-33(9-7-8-23-48-42(58)61-43(3,4)5)36(53)40(56)49-26-29-12-16-30(17-13-29)38(46)54/h10-21,33-34,36,53H,6-9,22-26,47H2,1-5H3,(H2,46,54)(H,48,58)(H,49,56)(H,50,55)/t33-,34?,36?,44?/m0/s1. The number of rotatable bonds is 17. The van der Waals surface area contributed by atoms with E-state index < -0.39 is 80.4 Å². The van der Waals surface area contributed by atoms with Crippen LogP contribution in [-0.2, 0) is 41.9 Å². The van der Waals surface area contributed by atoms with Gasteiger partial charge in [-0.25, -0.2) is 27.6 Å². The lowest BCUT2D eigenvalue weighted by atomic mass is 9.85. The van der Waals surface area contributed by atoms with E-state index in [1.807, 2.05) is 0 Å². The first-order chi connectivity index (χ1) is 29.1. The summed E-state index contributed by atoms with van der Waals surface area (Å²) in [5, 5.41) is 22.1. The molecular formula is C44H56FN7O9S. The summed E-state index contributed by atoms with van der Waals surface area (Å²) in [7, 11) is -4.48. The Labute approximate surface area is 361 Å². The Kier molecular flexibility index (Phi) is 14.9. The zero-order valence-corrected chi connectivity index (χ0v) is 36.4. The fourth-order valence-corrected chi connectivity index (χ4v) is 9.29. The lowest BCUT2D eigenvalue weighted by molar-refractivity contribution is -0.160. The minimum atomic E-state index is -4.48. The number of nitrogens with two attached hydrogens (primary N) is 2. The number of carbonyl (C=O) groups excluding carboxylic acids is 5. The average molecular weight is 878 g/mol. The highest BCUT2D eigenvalue weighted by Gasteiger charge is 2.56. The van der Waals surface area contributed by atoms with Crippen LogP contribution in [0.25, 0.3) is 0 Å². The van der Waals surface area contributed by atoms with Crippen LogP contribution in [0.2, 0.25) is 0 Å². The molecule has 3 unspecified atom stereocenters. The highest BCUT2D eigenvalue weighted by atomic mass is 32.2. The molecule has 0 radical (unpaired) electrons. The van der Waals surface area contributed by atoms with Crippen LogP contribution in [0.1, 0.15) is 86.8 Å². The third-order valence-electron chi connectivity index (χ3n) is 10.7. The molecule has 0 bridgehead atoms. The monoisotopic (exact) mass is 877 g/mol. The SMILES string of the molecule is CCC1C(S(=O)(=O)c2ccc(C)cc2)=C(C(=O)N[C@@H](CCCCNC(=O)OC(C)(C)C)C(O)C(=O)NCc2ccc(C(N)=O)cc2)N2C(=O)C(N)(Cc3ccc(F)cc3)CCN12. The Hall–Kier alpha value is -5.69. The predicted molar refractivity (Wildman–Crippen MR) is 227 cm³/mol. The van der Waals surface area contributed by atoms with Crippen LogP contribution in [0.4, 0.5) is 9.18 Å². The molecule has 18 heteroatoms. The van der Waals surface area contributed by atoms with E-state index in [9.17, 15) is 41.9 Å². The lowest BCUT2D eigenvalue weighted by Crippen LogP contribution is -2.66. The third-order valence-corrected chi connectivity index (χ3v) is 12.6. The number of aliphatic hydroxyl groups is 1. The number of hydrogen-bond acceptors (Lipinski definition) is 11. The van der Waals surface area contributed by atoms with Crippen molar-refractivity contribution in [3.05, 3.63) is 111 Å². The maximum Gasteiger partial charge on any atom is 0.407 e. The van der Waals surface area contributed by atoms with Gasteiger partial charge in [-0.3, -0.25) is 19.2 Å². The Bertz CT molecular complexity index is 2280. The van der Waals surface area contributed by atoms with Gasteiger partial charge in [-0.2, -0.15) is 0 Å². The minimum absolute atomic E-state index is 0.0305. The molecule has 5 amide bonds. The molecule has 1 fully saturated rings. The average Bonchev–Trinajstić information content (AvgIpc) is 3.57. The van der Waals surface area contributed by atoms with Gasteiger partial charge in [0, 0.05) is 25.2 Å². The fraction of sp³-hybridized carbons (Fsp3) is 0.432. The summed E-state index contributed by atoms with van der Waals surface area (Å²) in [6.45, 7) is 8.85. The van der Waals surface area contributed by atoms with Crippen molar-refractivity contribution in [3.8, 4) is 0 Å². The summed E-state index contributed by atoms with van der Waals surface area (Å²) in [5.74, 6) is -3.81. The van der Waals surface area contributed by atoms with Gasteiger partial charge in [0.05, 0.1) is 21.9 Å². The van der Waals surface area contributed by atoms with Gasteiger partial charge in [0.2, 0.25) is 15.7 Å². The number of carbonyl (C=O) groups is 5. The number of ether oxygens (including phenoxy) is 1. The van der Waals surface area contributed by atoms with Gasteiger partial charge in [-0.1, -0.05) is 48.9 Å². The number of halogens is 1. The Morgan fingerprint density at radius 1 is 0.968 bits per heavy atom. The van der Waals surface area contributed by atoms with E-state index in [1.165, 1.54) is 53.5 Å². The van der Waals surface area contributed by atoms with Crippen LogP contribution in [0.15, 0.2) is 88.3 Å². The van der Waals surface area contributed by atoms with Crippen LogP contribution in [0.5, 0.6) is 0 Å². The maximum absolute atomic E-state index is 14.9. The number of aryl methyl sites for hydroxylation is 1. The number of hydrazine groups is 1. The molecule has 1 saturated heterocycles. The zero-order valence-electron chi connectivity index (χ0n) is 35.6. The van der Waals surface area contributed by atoms with E-state index >= 15 is 0 Å². The molecule has 334 valence electrons. The topological polar surface area (TPSA) is 244 Å². The van der Waals surface area contributed by atoms with E-state index in [2.05, 4.69) is 16.0 Å². The van der Waals surface area contributed by atoms with E-state index in [-0.39, 0.29) is 67.1 Å². The van der Waals surface area contributed by atoms with Crippen molar-refractivity contribution in [1.29, 1.82) is 0 Å². The van der Waals surface area contributed by atoms with Crippen molar-refractivity contribution in [2.24, 2.45) is 11.5 Å². The normalized spacial score (nSPS) is 19.1.